The Labute approximate surface area is 123 Å². The monoisotopic (exact) mass is 291 g/mol. The summed E-state index contributed by atoms with van der Waals surface area (Å²) in [6, 6.07) is -0.743. The average molecular weight is 291 g/mol. The van der Waals surface area contributed by atoms with Gasteiger partial charge in [-0.05, 0) is 25.2 Å². The molecule has 21 heavy (non-hydrogen) atoms. The molecule has 0 spiro atoms. The lowest BCUT2D eigenvalue weighted by Gasteiger charge is -2.38. The van der Waals surface area contributed by atoms with Crippen molar-refractivity contribution in [3.63, 3.8) is 0 Å². The zero-order chi connectivity index (χ0) is 15.0. The minimum Gasteiger partial charge on any atom is -0.342 e. The first-order valence-corrected chi connectivity index (χ1v) is 7.55. The van der Waals surface area contributed by atoms with Gasteiger partial charge in [0, 0.05) is 7.05 Å². The summed E-state index contributed by atoms with van der Waals surface area (Å²) in [5.41, 5.74) is 0. The van der Waals surface area contributed by atoms with Crippen molar-refractivity contribution in [2.24, 2.45) is 13.0 Å². The van der Waals surface area contributed by atoms with Crippen molar-refractivity contribution in [1.29, 1.82) is 0 Å². The van der Waals surface area contributed by atoms with E-state index in [1.165, 1.54) is 6.33 Å². The molecule has 2 atom stereocenters. The van der Waals surface area contributed by atoms with Crippen LogP contribution in [0.15, 0.2) is 6.33 Å². The van der Waals surface area contributed by atoms with E-state index in [0.29, 0.717) is 24.7 Å². The molecule has 0 bridgehead atoms. The van der Waals surface area contributed by atoms with Crippen molar-refractivity contribution < 1.29 is 9.59 Å². The van der Waals surface area contributed by atoms with Gasteiger partial charge in [-0.2, -0.15) is 5.10 Å². The van der Waals surface area contributed by atoms with E-state index < -0.39 is 6.04 Å². The Bertz CT molecular complexity index is 551. The van der Waals surface area contributed by atoms with Gasteiger partial charge in [0.1, 0.15) is 24.2 Å². The minimum absolute atomic E-state index is 0.0264. The number of hydrogen-bond donors (Lipinski definition) is 1. The molecule has 7 heteroatoms. The molecule has 1 aromatic heterocycles. The average Bonchev–Trinajstić information content (AvgIpc) is 3.22. The number of nitrogens with zero attached hydrogens (tertiary/aromatic N) is 4. The number of rotatable bonds is 5. The second-order valence-electron chi connectivity index (χ2n) is 5.89. The number of hydrogen-bond acceptors (Lipinski definition) is 4. The molecule has 0 aromatic carbocycles. The van der Waals surface area contributed by atoms with Gasteiger partial charge in [0.15, 0.2) is 0 Å². The van der Waals surface area contributed by atoms with Gasteiger partial charge in [0.05, 0.1) is 6.54 Å². The Balaban J connectivity index is 1.84. The molecule has 1 aromatic rings. The van der Waals surface area contributed by atoms with Crippen molar-refractivity contribution >= 4 is 11.8 Å². The molecule has 114 valence electrons. The molecule has 2 heterocycles. The van der Waals surface area contributed by atoms with Crippen LogP contribution in [0.25, 0.3) is 0 Å². The van der Waals surface area contributed by atoms with E-state index in [9.17, 15) is 9.59 Å². The van der Waals surface area contributed by atoms with Crippen LogP contribution in [0.2, 0.25) is 0 Å². The molecule has 3 rings (SSSR count). The van der Waals surface area contributed by atoms with Crippen LogP contribution in [0.5, 0.6) is 0 Å². The predicted molar refractivity (Wildman–Crippen MR) is 74.9 cm³/mol. The van der Waals surface area contributed by atoms with Crippen molar-refractivity contribution in [3.05, 3.63) is 12.2 Å². The second-order valence-corrected chi connectivity index (χ2v) is 5.89. The summed E-state index contributed by atoms with van der Waals surface area (Å²) in [5.74, 6) is 1.01. The molecule has 1 aliphatic heterocycles. The molecule has 1 saturated carbocycles. The largest absolute Gasteiger partial charge is 0.342 e. The Morgan fingerprint density at radius 3 is 2.71 bits per heavy atom. The van der Waals surface area contributed by atoms with Gasteiger partial charge in [-0.1, -0.05) is 13.3 Å². The Hall–Kier alpha value is -1.92. The second kappa shape index (κ2) is 5.46. The standard InChI is InChI=1S/C14H21N5O2/c1-3-4-10-13(20)17-12(9-5-6-9)14(21)19(10)7-11-15-8-16-18(11)2/h8-10,12H,3-7H2,1-2H3,(H,17,20). The summed E-state index contributed by atoms with van der Waals surface area (Å²) in [5, 5.41) is 6.94. The number of amides is 2. The number of nitrogens with one attached hydrogen (secondary N) is 1. The van der Waals surface area contributed by atoms with Crippen molar-refractivity contribution in [3.8, 4) is 0 Å². The van der Waals surface area contributed by atoms with Crippen LogP contribution < -0.4 is 5.32 Å². The molecule has 1 aliphatic carbocycles. The van der Waals surface area contributed by atoms with E-state index in [2.05, 4.69) is 15.4 Å². The van der Waals surface area contributed by atoms with Crippen LogP contribution in [-0.4, -0.2) is 43.6 Å². The zero-order valence-electron chi connectivity index (χ0n) is 12.5. The first-order chi connectivity index (χ1) is 10.1. The highest BCUT2D eigenvalue weighted by atomic mass is 16.2. The van der Waals surface area contributed by atoms with E-state index in [1.54, 1.807) is 16.6 Å². The maximum atomic E-state index is 12.7. The lowest BCUT2D eigenvalue weighted by molar-refractivity contribution is -0.151. The maximum Gasteiger partial charge on any atom is 0.246 e. The Morgan fingerprint density at radius 2 is 2.14 bits per heavy atom. The number of carbonyl (C=O) groups is 2. The summed E-state index contributed by atoms with van der Waals surface area (Å²) in [7, 11) is 1.80. The molecule has 2 aliphatic rings. The summed E-state index contributed by atoms with van der Waals surface area (Å²) in [6.07, 6.45) is 5.04. The summed E-state index contributed by atoms with van der Waals surface area (Å²) >= 11 is 0. The first kappa shape index (κ1) is 14.0. The zero-order valence-corrected chi connectivity index (χ0v) is 12.5. The highest BCUT2D eigenvalue weighted by Gasteiger charge is 2.46. The third kappa shape index (κ3) is 2.64. The lowest BCUT2D eigenvalue weighted by Crippen LogP contribution is -2.63. The highest BCUT2D eigenvalue weighted by molar-refractivity contribution is 5.97. The normalized spacial score (nSPS) is 26.1. The molecule has 1 saturated heterocycles. The summed E-state index contributed by atoms with van der Waals surface area (Å²) < 4.78 is 1.65. The van der Waals surface area contributed by atoms with Crippen LogP contribution >= 0.6 is 0 Å². The van der Waals surface area contributed by atoms with E-state index in [-0.39, 0.29) is 17.9 Å². The molecule has 7 nitrogen and oxygen atoms in total. The van der Waals surface area contributed by atoms with Crippen molar-refractivity contribution in [2.45, 2.75) is 51.2 Å². The van der Waals surface area contributed by atoms with Crippen LogP contribution in [0, 0.1) is 5.92 Å². The minimum atomic E-state index is -0.394. The Kier molecular flexibility index (Phi) is 3.65. The lowest BCUT2D eigenvalue weighted by atomic mass is 10.0. The van der Waals surface area contributed by atoms with Crippen molar-refractivity contribution in [1.82, 2.24) is 25.0 Å². The number of aryl methyl sites for hydroxylation is 1. The van der Waals surface area contributed by atoms with Crippen molar-refractivity contribution in [2.75, 3.05) is 0 Å². The van der Waals surface area contributed by atoms with E-state index in [1.807, 2.05) is 6.92 Å². The fourth-order valence-electron chi connectivity index (χ4n) is 2.90. The molecule has 2 fully saturated rings. The summed E-state index contributed by atoms with van der Waals surface area (Å²) in [4.78, 5) is 30.9. The number of piperazine rings is 1. The van der Waals surface area contributed by atoms with Gasteiger partial charge >= 0.3 is 0 Å². The van der Waals surface area contributed by atoms with Gasteiger partial charge in [-0.15, -0.1) is 0 Å². The molecule has 2 unspecified atom stereocenters. The van der Waals surface area contributed by atoms with E-state index in [0.717, 1.165) is 19.3 Å². The molecule has 0 radical (unpaired) electrons. The number of aromatic nitrogens is 3. The SMILES string of the molecule is CCCC1C(=O)NC(C2CC2)C(=O)N1Cc1ncnn1C. The third-order valence-corrected chi connectivity index (χ3v) is 4.30. The maximum absolute atomic E-state index is 12.7. The fraction of sp³-hybridized carbons (Fsp3) is 0.714. The topological polar surface area (TPSA) is 80.1 Å². The summed E-state index contributed by atoms with van der Waals surface area (Å²) in [6.45, 7) is 2.36. The van der Waals surface area contributed by atoms with Gasteiger partial charge in [0.25, 0.3) is 0 Å². The van der Waals surface area contributed by atoms with Crippen LogP contribution in [0.1, 0.15) is 38.4 Å². The van der Waals surface area contributed by atoms with E-state index >= 15 is 0 Å². The first-order valence-electron chi connectivity index (χ1n) is 7.55. The van der Waals surface area contributed by atoms with E-state index in [4.69, 9.17) is 0 Å². The van der Waals surface area contributed by atoms with Crippen LogP contribution in [0.4, 0.5) is 0 Å². The van der Waals surface area contributed by atoms with Gasteiger partial charge < -0.3 is 10.2 Å². The number of carbonyl (C=O) groups excluding carboxylic acids is 2. The van der Waals surface area contributed by atoms with Gasteiger partial charge in [-0.25, -0.2) is 4.98 Å². The van der Waals surface area contributed by atoms with Crippen LogP contribution in [0.3, 0.4) is 0 Å². The Morgan fingerprint density at radius 1 is 1.38 bits per heavy atom. The molecular formula is C14H21N5O2. The van der Waals surface area contributed by atoms with Gasteiger partial charge in [0.2, 0.25) is 11.8 Å². The molecular weight excluding hydrogens is 270 g/mol. The third-order valence-electron chi connectivity index (χ3n) is 4.30. The van der Waals surface area contributed by atoms with Crippen LogP contribution in [-0.2, 0) is 23.2 Å². The molecule has 2 amide bonds. The highest BCUT2D eigenvalue weighted by Crippen LogP contribution is 2.35. The fourth-order valence-corrected chi connectivity index (χ4v) is 2.90. The predicted octanol–water partition coefficient (Wildman–Crippen LogP) is 0.221. The van der Waals surface area contributed by atoms with Gasteiger partial charge in [-0.3, -0.25) is 14.3 Å². The quantitative estimate of drug-likeness (QED) is 0.841. The smallest absolute Gasteiger partial charge is 0.246 e. The molecule has 1 N–H and O–H groups in total.